The van der Waals surface area contributed by atoms with Gasteiger partial charge in [0.2, 0.25) is 0 Å². The van der Waals surface area contributed by atoms with Crippen molar-refractivity contribution in [3.8, 4) is 0 Å². The standard InChI is InChI=1S/C6H6.C2H4O2.I2O/c1-2-4-6-5-3-1;1-2(3)4;1-3-2/h1-6H;1H3,(H,3,4);. The third-order valence-electron chi connectivity index (χ3n) is 0.667. The Labute approximate surface area is 106 Å². The van der Waals surface area contributed by atoms with E-state index >= 15 is 0 Å². The van der Waals surface area contributed by atoms with Gasteiger partial charge in [-0.25, -0.2) is 1.40 Å². The largest absolute Gasteiger partial charge is 0.481 e. The summed E-state index contributed by atoms with van der Waals surface area (Å²) in [5.74, 6) is -0.833. The summed E-state index contributed by atoms with van der Waals surface area (Å²) in [6, 6.07) is 12.0. The number of carbonyl (C=O) groups is 1. The van der Waals surface area contributed by atoms with Gasteiger partial charge in [0.1, 0.15) is 46.0 Å². The lowest BCUT2D eigenvalue weighted by molar-refractivity contribution is -0.134. The molecule has 0 aliphatic rings. The Hall–Kier alpha value is 0.110. The van der Waals surface area contributed by atoms with E-state index in [1.54, 1.807) is 46.0 Å². The predicted octanol–water partition coefficient (Wildman–Crippen LogP) is 3.48. The molecule has 0 amide bonds. The smallest absolute Gasteiger partial charge is 0.300 e. The highest BCUT2D eigenvalue weighted by atomic mass is 127. The zero-order valence-corrected chi connectivity index (χ0v) is 11.3. The van der Waals surface area contributed by atoms with E-state index in [1.807, 2.05) is 36.4 Å². The Morgan fingerprint density at radius 1 is 1.08 bits per heavy atom. The summed E-state index contributed by atoms with van der Waals surface area (Å²) in [5, 5.41) is 7.42. The van der Waals surface area contributed by atoms with Gasteiger partial charge in [0.25, 0.3) is 5.97 Å². The van der Waals surface area contributed by atoms with Crippen LogP contribution in [0, 0.1) is 0 Å². The van der Waals surface area contributed by atoms with Crippen LogP contribution < -0.4 is 0 Å². The van der Waals surface area contributed by atoms with E-state index in [0.29, 0.717) is 0 Å². The van der Waals surface area contributed by atoms with Gasteiger partial charge >= 0.3 is 0 Å². The zero-order valence-electron chi connectivity index (χ0n) is 6.98. The van der Waals surface area contributed by atoms with E-state index in [9.17, 15) is 0 Å². The number of hydrogen-bond acceptors (Lipinski definition) is 2. The first-order valence-corrected chi connectivity index (χ1v) is 5.00. The van der Waals surface area contributed by atoms with Gasteiger partial charge in [0, 0.05) is 6.92 Å². The predicted molar refractivity (Wildman–Crippen MR) is 68.9 cm³/mol. The number of carboxylic acids is 1. The Morgan fingerprint density at radius 2 is 1.15 bits per heavy atom. The fourth-order valence-corrected chi connectivity index (χ4v) is 0.385. The highest BCUT2D eigenvalue weighted by Crippen LogP contribution is 1.90. The van der Waals surface area contributed by atoms with Crippen LogP contribution in [0.5, 0.6) is 0 Å². The number of carboxylic acid groups (broad SMARTS) is 1. The highest BCUT2D eigenvalue weighted by molar-refractivity contribution is 14.2. The van der Waals surface area contributed by atoms with E-state index in [2.05, 4.69) is 1.40 Å². The van der Waals surface area contributed by atoms with Gasteiger partial charge in [-0.2, -0.15) is 0 Å². The summed E-state index contributed by atoms with van der Waals surface area (Å²) >= 11 is 3.55. The fraction of sp³-hybridized carbons (Fsp3) is 0.125. The molecule has 1 aromatic rings. The zero-order chi connectivity index (χ0) is 10.5. The average molecular weight is 408 g/mol. The van der Waals surface area contributed by atoms with E-state index in [4.69, 9.17) is 9.90 Å². The summed E-state index contributed by atoms with van der Waals surface area (Å²) in [6.07, 6.45) is 0. The van der Waals surface area contributed by atoms with Crippen LogP contribution in [0.1, 0.15) is 6.92 Å². The number of hydrogen-bond donors (Lipinski definition) is 1. The molecule has 13 heavy (non-hydrogen) atoms. The molecule has 1 aromatic carbocycles. The molecule has 0 fully saturated rings. The first kappa shape index (κ1) is 15.6. The lowest BCUT2D eigenvalue weighted by atomic mass is 10.4. The number of aliphatic carboxylic acids is 1. The van der Waals surface area contributed by atoms with E-state index in [0.717, 1.165) is 6.92 Å². The molecule has 0 heterocycles. The Bertz CT molecular complexity index is 161. The Kier molecular flexibility index (Phi) is 17.5. The van der Waals surface area contributed by atoms with E-state index < -0.39 is 5.97 Å². The highest BCUT2D eigenvalue weighted by Gasteiger charge is 1.65. The van der Waals surface area contributed by atoms with Crippen LogP contribution in [-0.4, -0.2) is 11.1 Å². The molecule has 0 aliphatic carbocycles. The summed E-state index contributed by atoms with van der Waals surface area (Å²) in [5.41, 5.74) is 0. The number of halogens is 2. The molecule has 1 N–H and O–H groups in total. The molecule has 3 nitrogen and oxygen atoms in total. The Balaban J connectivity index is 0. The van der Waals surface area contributed by atoms with Gasteiger partial charge in [-0.05, 0) is 0 Å². The van der Waals surface area contributed by atoms with Crippen molar-refractivity contribution in [2.45, 2.75) is 6.92 Å². The lowest BCUT2D eigenvalue weighted by Crippen LogP contribution is -1.78. The molecule has 0 spiro atoms. The molecule has 0 aromatic heterocycles. The maximum absolute atomic E-state index is 9.00. The third kappa shape index (κ3) is 33.2. The minimum absolute atomic E-state index is 0.833. The summed E-state index contributed by atoms with van der Waals surface area (Å²) in [7, 11) is 0. The van der Waals surface area contributed by atoms with Crippen LogP contribution in [0.25, 0.3) is 0 Å². The van der Waals surface area contributed by atoms with Crippen LogP contribution in [0.4, 0.5) is 0 Å². The Morgan fingerprint density at radius 3 is 1.23 bits per heavy atom. The van der Waals surface area contributed by atoms with Crippen molar-refractivity contribution >= 4 is 52.0 Å². The van der Waals surface area contributed by atoms with Crippen molar-refractivity contribution in [1.82, 2.24) is 0 Å². The van der Waals surface area contributed by atoms with Crippen LogP contribution >= 0.6 is 46.0 Å². The summed E-state index contributed by atoms with van der Waals surface area (Å²) in [6.45, 7) is 1.08. The SMILES string of the molecule is CC(=O)O.IOI.c1ccccc1. The molecule has 0 bridgehead atoms. The molecule has 5 heteroatoms. The van der Waals surface area contributed by atoms with Crippen LogP contribution in [0.15, 0.2) is 36.4 Å². The molecule has 0 aliphatic heterocycles. The van der Waals surface area contributed by atoms with Crippen molar-refractivity contribution in [3.05, 3.63) is 36.4 Å². The quantitative estimate of drug-likeness (QED) is 0.670. The maximum atomic E-state index is 9.00. The lowest BCUT2D eigenvalue weighted by Gasteiger charge is -1.69. The molecule has 0 radical (unpaired) electrons. The van der Waals surface area contributed by atoms with Crippen LogP contribution in [-0.2, 0) is 6.19 Å². The van der Waals surface area contributed by atoms with Gasteiger partial charge < -0.3 is 5.11 Å². The van der Waals surface area contributed by atoms with Gasteiger partial charge in [0.05, 0.1) is 0 Å². The van der Waals surface area contributed by atoms with Gasteiger partial charge in [0.15, 0.2) is 0 Å². The second-order valence-electron chi connectivity index (χ2n) is 1.73. The first-order valence-electron chi connectivity index (χ1n) is 3.24. The minimum Gasteiger partial charge on any atom is -0.481 e. The van der Waals surface area contributed by atoms with Crippen LogP contribution in [0.3, 0.4) is 0 Å². The molecular formula is C8H10I2O3. The van der Waals surface area contributed by atoms with Crippen molar-refractivity contribution in [2.75, 3.05) is 0 Å². The molecule has 0 atom stereocenters. The minimum atomic E-state index is -0.833. The topological polar surface area (TPSA) is 46.5 Å². The molecule has 0 unspecified atom stereocenters. The summed E-state index contributed by atoms with van der Waals surface area (Å²) in [4.78, 5) is 9.00. The molecule has 0 saturated heterocycles. The number of rotatable bonds is 0. The number of benzene rings is 1. The molecule has 1 rings (SSSR count). The van der Waals surface area contributed by atoms with Crippen molar-refractivity contribution in [1.29, 1.82) is 0 Å². The monoisotopic (exact) mass is 408 g/mol. The fourth-order valence-electron chi connectivity index (χ4n) is 0.385. The molecular weight excluding hydrogens is 398 g/mol. The summed E-state index contributed by atoms with van der Waals surface area (Å²) < 4.78 is 4.19. The van der Waals surface area contributed by atoms with Crippen molar-refractivity contribution < 1.29 is 11.3 Å². The van der Waals surface area contributed by atoms with E-state index in [-0.39, 0.29) is 0 Å². The molecule has 74 valence electrons. The maximum Gasteiger partial charge on any atom is 0.300 e. The van der Waals surface area contributed by atoms with Crippen molar-refractivity contribution in [3.63, 3.8) is 0 Å². The second-order valence-corrected chi connectivity index (χ2v) is 4.30. The molecule has 0 saturated carbocycles. The van der Waals surface area contributed by atoms with Gasteiger partial charge in [-0.1, -0.05) is 36.4 Å². The van der Waals surface area contributed by atoms with Crippen molar-refractivity contribution in [2.24, 2.45) is 0 Å². The third-order valence-corrected chi connectivity index (χ3v) is 0.667. The van der Waals surface area contributed by atoms with E-state index in [1.165, 1.54) is 0 Å². The van der Waals surface area contributed by atoms with Gasteiger partial charge in [-0.15, -0.1) is 0 Å². The first-order chi connectivity index (χ1) is 6.15. The second kappa shape index (κ2) is 14.6. The van der Waals surface area contributed by atoms with Crippen LogP contribution in [0.2, 0.25) is 0 Å². The van der Waals surface area contributed by atoms with Gasteiger partial charge in [-0.3, -0.25) is 4.79 Å². The average Bonchev–Trinajstić information content (AvgIpc) is 2.08. The normalized spacial score (nSPS) is 7.00.